The van der Waals surface area contributed by atoms with Gasteiger partial charge in [-0.05, 0) is 52.1 Å². The molecule has 1 N–H and O–H groups in total. The standard InChI is InChI=1S/C21H32N4O2/c1-15-16(2)25(13-18-10-7-11-27-18)21(19(15)12-22)23-20(26)14-24(3)17-8-5-4-6-9-17/h17-18H,4-11,13-14H2,1-3H3,(H,23,26)/t18-/m0/s1. The van der Waals surface area contributed by atoms with Crippen LogP contribution in [0.1, 0.15) is 61.8 Å². The second kappa shape index (κ2) is 8.90. The van der Waals surface area contributed by atoms with E-state index in [2.05, 4.69) is 20.9 Å². The van der Waals surface area contributed by atoms with Crippen molar-refractivity contribution in [2.24, 2.45) is 0 Å². The summed E-state index contributed by atoms with van der Waals surface area (Å²) in [5, 5.41) is 12.7. The lowest BCUT2D eigenvalue weighted by Gasteiger charge is -2.30. The molecule has 1 aromatic rings. The van der Waals surface area contributed by atoms with Crippen LogP contribution in [0.3, 0.4) is 0 Å². The zero-order chi connectivity index (χ0) is 19.4. The minimum absolute atomic E-state index is 0.0503. The Morgan fingerprint density at radius 2 is 2.00 bits per heavy atom. The molecule has 148 valence electrons. The number of nitriles is 1. The Bertz CT molecular complexity index is 707. The van der Waals surface area contributed by atoms with Gasteiger partial charge in [0.15, 0.2) is 0 Å². The van der Waals surface area contributed by atoms with Crippen LogP contribution in [0.4, 0.5) is 5.82 Å². The maximum absolute atomic E-state index is 12.7. The molecule has 0 radical (unpaired) electrons. The quantitative estimate of drug-likeness (QED) is 0.831. The lowest BCUT2D eigenvalue weighted by molar-refractivity contribution is -0.117. The van der Waals surface area contributed by atoms with E-state index in [0.717, 1.165) is 30.7 Å². The number of hydrogen-bond donors (Lipinski definition) is 1. The van der Waals surface area contributed by atoms with Crippen molar-refractivity contribution in [1.29, 1.82) is 5.26 Å². The fourth-order valence-corrected chi connectivity index (χ4v) is 4.40. The molecular weight excluding hydrogens is 340 g/mol. The molecule has 0 unspecified atom stereocenters. The summed E-state index contributed by atoms with van der Waals surface area (Å²) < 4.78 is 7.83. The van der Waals surface area contributed by atoms with Gasteiger partial charge in [-0.25, -0.2) is 0 Å². The Morgan fingerprint density at radius 3 is 2.63 bits per heavy atom. The van der Waals surface area contributed by atoms with Crippen molar-refractivity contribution < 1.29 is 9.53 Å². The largest absolute Gasteiger partial charge is 0.376 e. The molecule has 6 nitrogen and oxygen atoms in total. The van der Waals surface area contributed by atoms with Gasteiger partial charge < -0.3 is 14.6 Å². The molecule has 1 saturated carbocycles. The van der Waals surface area contributed by atoms with E-state index in [0.29, 0.717) is 30.5 Å². The highest BCUT2D eigenvalue weighted by atomic mass is 16.5. The van der Waals surface area contributed by atoms with Crippen molar-refractivity contribution in [3.8, 4) is 6.07 Å². The summed E-state index contributed by atoms with van der Waals surface area (Å²) in [6.45, 7) is 5.79. The third kappa shape index (κ3) is 4.53. The Kier molecular flexibility index (Phi) is 6.56. The van der Waals surface area contributed by atoms with Crippen molar-refractivity contribution in [2.75, 3.05) is 25.5 Å². The number of likely N-dealkylation sites (N-methyl/N-ethyl adjacent to an activating group) is 1. The Morgan fingerprint density at radius 1 is 1.26 bits per heavy atom. The van der Waals surface area contributed by atoms with E-state index < -0.39 is 0 Å². The van der Waals surface area contributed by atoms with Crippen LogP contribution in [-0.4, -0.2) is 47.7 Å². The number of ether oxygens (including phenoxy) is 1. The molecule has 1 atom stereocenters. The molecule has 27 heavy (non-hydrogen) atoms. The Balaban J connectivity index is 1.73. The number of hydrogen-bond acceptors (Lipinski definition) is 4. The van der Waals surface area contributed by atoms with Crippen LogP contribution in [0.15, 0.2) is 0 Å². The van der Waals surface area contributed by atoms with Gasteiger partial charge in [0, 0.05) is 18.3 Å². The van der Waals surface area contributed by atoms with Crippen LogP contribution in [-0.2, 0) is 16.1 Å². The molecular formula is C21H32N4O2. The van der Waals surface area contributed by atoms with Crippen LogP contribution in [0.2, 0.25) is 0 Å². The SMILES string of the molecule is Cc1c(C#N)c(NC(=O)CN(C)C2CCCCC2)n(C[C@@H]2CCCO2)c1C. The zero-order valence-electron chi connectivity index (χ0n) is 16.9. The molecule has 2 heterocycles. The number of carbonyl (C=O) groups is 1. The summed E-state index contributed by atoms with van der Waals surface area (Å²) >= 11 is 0. The van der Waals surface area contributed by atoms with E-state index in [-0.39, 0.29) is 12.0 Å². The molecule has 0 bridgehead atoms. The van der Waals surface area contributed by atoms with E-state index in [1.807, 2.05) is 20.9 Å². The molecule has 6 heteroatoms. The van der Waals surface area contributed by atoms with Crippen molar-refractivity contribution in [3.63, 3.8) is 0 Å². The molecule has 0 aromatic carbocycles. The number of aromatic nitrogens is 1. The predicted octanol–water partition coefficient (Wildman–Crippen LogP) is 3.36. The van der Waals surface area contributed by atoms with Crippen molar-refractivity contribution in [3.05, 3.63) is 16.8 Å². The number of carbonyl (C=O) groups excluding carboxylic acids is 1. The topological polar surface area (TPSA) is 70.3 Å². The van der Waals surface area contributed by atoms with Crippen molar-refractivity contribution >= 4 is 11.7 Å². The smallest absolute Gasteiger partial charge is 0.239 e. The van der Waals surface area contributed by atoms with Crippen LogP contribution < -0.4 is 5.32 Å². The van der Waals surface area contributed by atoms with Gasteiger partial charge >= 0.3 is 0 Å². The lowest BCUT2D eigenvalue weighted by atomic mass is 9.94. The minimum atomic E-state index is -0.0503. The fourth-order valence-electron chi connectivity index (χ4n) is 4.40. The predicted molar refractivity (Wildman–Crippen MR) is 106 cm³/mol. The maximum Gasteiger partial charge on any atom is 0.239 e. The lowest BCUT2D eigenvalue weighted by Crippen LogP contribution is -2.39. The summed E-state index contributed by atoms with van der Waals surface area (Å²) in [5.74, 6) is 0.579. The zero-order valence-corrected chi connectivity index (χ0v) is 16.9. The van der Waals surface area contributed by atoms with Gasteiger partial charge in [-0.1, -0.05) is 19.3 Å². The summed E-state index contributed by atoms with van der Waals surface area (Å²) in [4.78, 5) is 14.9. The van der Waals surface area contributed by atoms with Gasteiger partial charge in [0.2, 0.25) is 5.91 Å². The first-order chi connectivity index (χ1) is 13.0. The molecule has 1 amide bonds. The summed E-state index contributed by atoms with van der Waals surface area (Å²) in [6.07, 6.45) is 8.39. The van der Waals surface area contributed by atoms with E-state index in [4.69, 9.17) is 4.74 Å². The van der Waals surface area contributed by atoms with Crippen LogP contribution in [0.5, 0.6) is 0 Å². The number of nitrogens with one attached hydrogen (secondary N) is 1. The van der Waals surface area contributed by atoms with Gasteiger partial charge in [0.1, 0.15) is 11.9 Å². The molecule has 1 aliphatic heterocycles. The average Bonchev–Trinajstić information content (AvgIpc) is 3.25. The number of rotatable bonds is 6. The van der Waals surface area contributed by atoms with Crippen molar-refractivity contribution in [2.45, 2.75) is 77.5 Å². The van der Waals surface area contributed by atoms with Gasteiger partial charge in [-0.3, -0.25) is 9.69 Å². The molecule has 1 aliphatic carbocycles. The average molecular weight is 373 g/mol. The number of anilines is 1. The molecule has 0 spiro atoms. The third-order valence-corrected chi connectivity index (χ3v) is 6.20. The second-order valence-corrected chi connectivity index (χ2v) is 8.05. The van der Waals surface area contributed by atoms with E-state index in [1.54, 1.807) is 0 Å². The van der Waals surface area contributed by atoms with Gasteiger partial charge in [-0.15, -0.1) is 0 Å². The third-order valence-electron chi connectivity index (χ3n) is 6.20. The maximum atomic E-state index is 12.7. The second-order valence-electron chi connectivity index (χ2n) is 8.05. The van der Waals surface area contributed by atoms with E-state index in [1.165, 1.54) is 32.1 Å². The normalized spacial score (nSPS) is 20.8. The van der Waals surface area contributed by atoms with E-state index in [9.17, 15) is 10.1 Å². The Labute approximate surface area is 162 Å². The first-order valence-corrected chi connectivity index (χ1v) is 10.2. The van der Waals surface area contributed by atoms with Crippen LogP contribution in [0.25, 0.3) is 0 Å². The van der Waals surface area contributed by atoms with Crippen molar-refractivity contribution in [1.82, 2.24) is 9.47 Å². The van der Waals surface area contributed by atoms with Gasteiger partial charge in [-0.2, -0.15) is 5.26 Å². The highest BCUT2D eigenvalue weighted by molar-refractivity contribution is 5.93. The summed E-state index contributed by atoms with van der Waals surface area (Å²) in [7, 11) is 2.03. The van der Waals surface area contributed by atoms with Crippen LogP contribution >= 0.6 is 0 Å². The highest BCUT2D eigenvalue weighted by Crippen LogP contribution is 2.28. The monoisotopic (exact) mass is 372 g/mol. The highest BCUT2D eigenvalue weighted by Gasteiger charge is 2.25. The van der Waals surface area contributed by atoms with Crippen LogP contribution in [0, 0.1) is 25.2 Å². The van der Waals surface area contributed by atoms with E-state index >= 15 is 0 Å². The van der Waals surface area contributed by atoms with Gasteiger partial charge in [0.05, 0.1) is 24.8 Å². The molecule has 2 aliphatic rings. The minimum Gasteiger partial charge on any atom is -0.376 e. The Hall–Kier alpha value is -1.84. The summed E-state index contributed by atoms with van der Waals surface area (Å²) in [6, 6.07) is 2.77. The molecule has 1 saturated heterocycles. The summed E-state index contributed by atoms with van der Waals surface area (Å²) in [5.41, 5.74) is 2.53. The first kappa shape index (κ1) is 19.9. The van der Waals surface area contributed by atoms with Gasteiger partial charge in [0.25, 0.3) is 0 Å². The number of nitrogens with zero attached hydrogens (tertiary/aromatic N) is 3. The molecule has 1 aromatic heterocycles. The first-order valence-electron chi connectivity index (χ1n) is 10.2. The number of amides is 1. The molecule has 3 rings (SSSR count). The fraction of sp³-hybridized carbons (Fsp3) is 0.714. The molecule has 2 fully saturated rings.